The van der Waals surface area contributed by atoms with E-state index in [2.05, 4.69) is 0 Å². The fourth-order valence-electron chi connectivity index (χ4n) is 9.84. The van der Waals surface area contributed by atoms with Crippen molar-refractivity contribution in [2.24, 2.45) is 0 Å². The van der Waals surface area contributed by atoms with Crippen molar-refractivity contribution >= 4 is 87.2 Å². The van der Waals surface area contributed by atoms with Crippen molar-refractivity contribution in [3.05, 3.63) is 218 Å². The van der Waals surface area contributed by atoms with Gasteiger partial charge in [0.1, 0.15) is 11.6 Å². The zero-order chi connectivity index (χ0) is 51.5. The Labute approximate surface area is 382 Å². The average molecular weight is 828 g/mol. The van der Waals surface area contributed by atoms with E-state index in [1.165, 1.54) is 0 Å². The lowest BCUT2D eigenvalue weighted by Gasteiger charge is -2.20. The summed E-state index contributed by atoms with van der Waals surface area (Å²) in [4.78, 5) is 10.9. The number of hydrogen-bond donors (Lipinski definition) is 0. The van der Waals surface area contributed by atoms with Gasteiger partial charge in [0.25, 0.3) is 0 Å². The summed E-state index contributed by atoms with van der Waals surface area (Å²) >= 11 is 0. The molecule has 14 aromatic rings. The van der Waals surface area contributed by atoms with Crippen LogP contribution < -0.4 is 0 Å². The van der Waals surface area contributed by atoms with Crippen molar-refractivity contribution in [1.29, 1.82) is 0 Å². The molecule has 0 aliphatic carbocycles. The highest BCUT2D eigenvalue weighted by Gasteiger charge is 2.26. The third kappa shape index (κ3) is 4.85. The van der Waals surface area contributed by atoms with E-state index in [4.69, 9.17) is 15.5 Å². The molecule has 0 amide bonds. The molecule has 0 radical (unpaired) electrons. The van der Waals surface area contributed by atoms with E-state index in [1.807, 2.05) is 106 Å². The molecular formula is C58H36N6. The molecule has 0 atom stereocenters. The van der Waals surface area contributed by atoms with Crippen LogP contribution in [0.25, 0.3) is 122 Å². The lowest BCUT2D eigenvalue weighted by molar-refractivity contribution is 0.987. The maximum absolute atomic E-state index is 10.1. The highest BCUT2D eigenvalue weighted by molar-refractivity contribution is 6.13. The molecule has 64 heavy (non-hydrogen) atoms. The number of aromatic nitrogens is 6. The summed E-state index contributed by atoms with van der Waals surface area (Å²) in [5, 5.41) is 5.01. The van der Waals surface area contributed by atoms with E-state index in [0.717, 1.165) is 21.5 Å². The van der Waals surface area contributed by atoms with E-state index < -0.39 is 24.2 Å². The monoisotopic (exact) mass is 827 g/mol. The predicted octanol–water partition coefficient (Wildman–Crippen LogP) is 14.5. The highest BCUT2D eigenvalue weighted by Crippen LogP contribution is 2.43. The molecule has 0 unspecified atom stereocenters. The molecular weight excluding hydrogens is 781 g/mol. The van der Waals surface area contributed by atoms with Gasteiger partial charge < -0.3 is 9.13 Å². The Morgan fingerprint density at radius 1 is 0.297 bits per heavy atom. The Balaban J connectivity index is 1.26. The molecule has 0 aliphatic rings. The summed E-state index contributed by atoms with van der Waals surface area (Å²) in [5.74, 6) is 0.150. The van der Waals surface area contributed by atoms with Gasteiger partial charge in [-0.25, -0.2) is 9.97 Å². The van der Waals surface area contributed by atoms with Crippen LogP contribution in [0.5, 0.6) is 0 Å². The van der Waals surface area contributed by atoms with Gasteiger partial charge in [-0.2, -0.15) is 0 Å². The van der Waals surface area contributed by atoms with Gasteiger partial charge in [-0.05, 0) is 60.6 Å². The summed E-state index contributed by atoms with van der Waals surface area (Å²) in [7, 11) is 0. The topological polar surface area (TPSA) is 45.5 Å². The first-order valence-electron chi connectivity index (χ1n) is 26.4. The number of hydrogen-bond acceptors (Lipinski definition) is 2. The van der Waals surface area contributed by atoms with Crippen LogP contribution in [0.1, 0.15) is 15.1 Å². The van der Waals surface area contributed by atoms with E-state index in [9.17, 15) is 9.60 Å². The van der Waals surface area contributed by atoms with Crippen molar-refractivity contribution in [1.82, 2.24) is 28.2 Å². The third-order valence-corrected chi connectivity index (χ3v) is 12.4. The van der Waals surface area contributed by atoms with Gasteiger partial charge in [0.05, 0.1) is 76.2 Å². The van der Waals surface area contributed by atoms with E-state index >= 15 is 0 Å². The Morgan fingerprint density at radius 3 is 0.984 bits per heavy atom. The maximum Gasteiger partial charge on any atom is 0.168 e. The molecule has 9 aromatic carbocycles. The maximum atomic E-state index is 10.1. The highest BCUT2D eigenvalue weighted by atomic mass is 15.2. The first-order chi connectivity index (χ1) is 36.4. The van der Waals surface area contributed by atoms with Crippen LogP contribution in [0.2, 0.25) is 0 Å². The van der Waals surface area contributed by atoms with Crippen LogP contribution in [0.15, 0.2) is 218 Å². The second kappa shape index (κ2) is 13.4. The SMILES string of the molecule is [2H]c1c([2H])c(-n2c3ccccc3c3ccccc32)c(-c2nc(-n3c4ccccc4c4c([2H])c([2H])c([2H])c([2H])c43)cc(-n3c4ccccc4c4c([2H])c([2H])c([2H])c([2H])c43)n2)c(-n2c3ccccc3c3ccccc32)c1[2H]. The van der Waals surface area contributed by atoms with Gasteiger partial charge in [0.15, 0.2) is 5.82 Å². The van der Waals surface area contributed by atoms with Crippen LogP contribution in [-0.4, -0.2) is 28.2 Å². The quantitative estimate of drug-likeness (QED) is 0.173. The Kier molecular flexibility index (Phi) is 5.41. The molecule has 0 aliphatic heterocycles. The van der Waals surface area contributed by atoms with Crippen LogP contribution >= 0.6 is 0 Å². The molecule has 5 aromatic heterocycles. The lowest BCUT2D eigenvalue weighted by Crippen LogP contribution is -2.10. The summed E-state index contributed by atoms with van der Waals surface area (Å²) in [6.07, 6.45) is 0. The third-order valence-electron chi connectivity index (χ3n) is 12.4. The van der Waals surface area contributed by atoms with Crippen molar-refractivity contribution < 1.29 is 15.1 Å². The molecule has 0 N–H and O–H groups in total. The van der Waals surface area contributed by atoms with Gasteiger partial charge in [-0.3, -0.25) is 9.13 Å². The number of rotatable bonds is 5. The van der Waals surface area contributed by atoms with Crippen molar-refractivity contribution in [2.45, 2.75) is 0 Å². The molecule has 0 saturated carbocycles. The molecule has 0 bridgehead atoms. The van der Waals surface area contributed by atoms with Gasteiger partial charge >= 0.3 is 0 Å². The smallest absolute Gasteiger partial charge is 0.168 e. The number of benzene rings is 9. The van der Waals surface area contributed by atoms with Crippen LogP contribution in [0.3, 0.4) is 0 Å². The zero-order valence-corrected chi connectivity index (χ0v) is 33.6. The van der Waals surface area contributed by atoms with Gasteiger partial charge in [0, 0.05) is 49.2 Å². The normalized spacial score (nSPS) is 14.5. The predicted molar refractivity (Wildman–Crippen MR) is 265 cm³/mol. The Bertz CT molecular complexity index is 4470. The first-order valence-corrected chi connectivity index (χ1v) is 20.9. The molecule has 0 fully saturated rings. The summed E-state index contributed by atoms with van der Waals surface area (Å²) in [6.45, 7) is 0. The van der Waals surface area contributed by atoms with Crippen LogP contribution in [-0.2, 0) is 0 Å². The molecule has 0 saturated heterocycles. The zero-order valence-electron chi connectivity index (χ0n) is 44.6. The fraction of sp³-hybridized carbons (Fsp3) is 0. The number of fused-ring (bicyclic) bond motifs is 12. The Hall–Kier alpha value is -8.74. The lowest BCUT2D eigenvalue weighted by atomic mass is 10.1. The molecule has 6 nitrogen and oxygen atoms in total. The second-order valence-corrected chi connectivity index (χ2v) is 15.7. The second-order valence-electron chi connectivity index (χ2n) is 15.7. The van der Waals surface area contributed by atoms with Crippen LogP contribution in [0, 0.1) is 0 Å². The Morgan fingerprint density at radius 2 is 0.609 bits per heavy atom. The standard InChI is InChI=1S/C58H36N6/c1-9-26-45-37(18-1)38-19-2-10-27-46(38)61(45)53-34-17-35-54(62-47-28-11-3-20-39(47)40-21-4-12-29-48(40)62)57(53)58-59-55(63-49-30-13-5-22-41(49)42-23-6-14-31-50(42)63)36-56(60-58)64-51-32-15-7-24-43(51)44-25-8-16-33-52(44)64/h1-36H/i5D,7D,13D,15D,17D,22D,24D,30D,32D,34D,35D. The summed E-state index contributed by atoms with van der Waals surface area (Å²) in [5.41, 5.74) is 4.54. The van der Waals surface area contributed by atoms with E-state index in [1.54, 1.807) is 63.7 Å². The average Bonchev–Trinajstić information content (AvgIpc) is 4.20. The molecule has 0 spiro atoms. The van der Waals surface area contributed by atoms with Crippen LogP contribution in [0.4, 0.5) is 0 Å². The summed E-state index contributed by atoms with van der Waals surface area (Å²) in [6, 6.07) is 43.2. The fourth-order valence-corrected chi connectivity index (χ4v) is 9.84. The minimum atomic E-state index is -0.463. The van der Waals surface area contributed by atoms with Crippen molar-refractivity contribution in [3.8, 4) is 34.4 Å². The van der Waals surface area contributed by atoms with E-state index in [-0.39, 0.29) is 98.5 Å². The number of para-hydroxylation sites is 8. The minimum absolute atomic E-state index is 0.0586. The van der Waals surface area contributed by atoms with Crippen molar-refractivity contribution in [2.75, 3.05) is 0 Å². The minimum Gasteiger partial charge on any atom is -0.308 e. The van der Waals surface area contributed by atoms with Gasteiger partial charge in [-0.15, -0.1) is 0 Å². The summed E-state index contributed by atoms with van der Waals surface area (Å²) < 4.78 is 110. The largest absolute Gasteiger partial charge is 0.308 e. The number of nitrogens with zero attached hydrogens (tertiary/aromatic N) is 6. The van der Waals surface area contributed by atoms with Gasteiger partial charge in [-0.1, -0.05) is 151 Å². The molecule has 14 rings (SSSR count). The molecule has 298 valence electrons. The first kappa shape index (κ1) is 25.9. The van der Waals surface area contributed by atoms with Gasteiger partial charge in [0.2, 0.25) is 0 Å². The molecule has 5 heterocycles. The van der Waals surface area contributed by atoms with Crippen molar-refractivity contribution in [3.63, 3.8) is 0 Å². The van der Waals surface area contributed by atoms with E-state index in [0.29, 0.717) is 43.9 Å². The molecule has 6 heteroatoms.